The maximum Gasteiger partial charge on any atom is 0.0375 e. The molecule has 0 radical (unpaired) electrons. The van der Waals surface area contributed by atoms with Crippen molar-refractivity contribution in [2.45, 2.75) is 26.7 Å². The van der Waals surface area contributed by atoms with Crippen molar-refractivity contribution in [1.82, 2.24) is 4.98 Å². The van der Waals surface area contributed by atoms with E-state index >= 15 is 0 Å². The molecule has 0 aromatic carbocycles. The number of allylic oxidation sites excluding steroid dienone is 2. The largest absolute Gasteiger partial charge is 0.261 e. The third kappa shape index (κ3) is 1.27. The van der Waals surface area contributed by atoms with Gasteiger partial charge in [0.2, 0.25) is 0 Å². The second-order valence-corrected chi connectivity index (χ2v) is 3.53. The van der Waals surface area contributed by atoms with E-state index < -0.39 is 0 Å². The molecule has 0 N–H and O–H groups in total. The molecule has 1 aromatic heterocycles. The normalized spacial score (nSPS) is 15.3. The lowest BCUT2D eigenvalue weighted by Crippen LogP contribution is -2.02. The summed E-state index contributed by atoms with van der Waals surface area (Å²) in [6.07, 6.45) is 6.50. The molecule has 1 heterocycles. The Hall–Kier alpha value is -1.11. The monoisotopic (exact) mass is 159 g/mol. The molecule has 0 saturated carbocycles. The number of hydrogen-bond donors (Lipinski definition) is 0. The molecule has 12 heavy (non-hydrogen) atoms. The fraction of sp³-hybridized carbons (Fsp3) is 0.364. The van der Waals surface area contributed by atoms with Crippen LogP contribution in [0.4, 0.5) is 0 Å². The Morgan fingerprint density at radius 1 is 1.25 bits per heavy atom. The van der Waals surface area contributed by atoms with Crippen molar-refractivity contribution < 1.29 is 0 Å². The molecule has 1 heteroatoms. The van der Waals surface area contributed by atoms with E-state index in [1.807, 2.05) is 13.1 Å². The van der Waals surface area contributed by atoms with Crippen LogP contribution in [0.25, 0.3) is 0 Å². The van der Waals surface area contributed by atoms with Gasteiger partial charge in [0.05, 0.1) is 0 Å². The van der Waals surface area contributed by atoms with Gasteiger partial charge in [-0.25, -0.2) is 0 Å². The van der Waals surface area contributed by atoms with Crippen molar-refractivity contribution >= 4 is 0 Å². The Balaban J connectivity index is 2.43. The molecule has 1 aromatic rings. The van der Waals surface area contributed by atoms with Crippen LogP contribution in [0.15, 0.2) is 23.9 Å². The minimum Gasteiger partial charge on any atom is -0.261 e. The molecule has 0 aliphatic heterocycles. The minimum absolute atomic E-state index is 1.09. The van der Waals surface area contributed by atoms with Crippen molar-refractivity contribution in [2.75, 3.05) is 0 Å². The van der Waals surface area contributed by atoms with E-state index in [0.717, 1.165) is 18.5 Å². The highest BCUT2D eigenvalue weighted by Crippen LogP contribution is 2.20. The quantitative estimate of drug-likeness (QED) is 0.530. The van der Waals surface area contributed by atoms with Gasteiger partial charge in [-0.05, 0) is 43.9 Å². The van der Waals surface area contributed by atoms with E-state index in [4.69, 9.17) is 0 Å². The highest BCUT2D eigenvalue weighted by atomic mass is 14.7. The Morgan fingerprint density at radius 2 is 2.08 bits per heavy atom. The Labute approximate surface area is 73.1 Å². The average molecular weight is 159 g/mol. The summed E-state index contributed by atoms with van der Waals surface area (Å²) in [5.74, 6) is 0. The van der Waals surface area contributed by atoms with Gasteiger partial charge >= 0.3 is 0 Å². The van der Waals surface area contributed by atoms with E-state index in [1.165, 1.54) is 16.7 Å². The standard InChI is InChI=1S/C11H13N/c1-8-3-4-10-6-9(2)12-7-11(10)5-8/h3,6-7H,4-5H2,1-2H3. The van der Waals surface area contributed by atoms with Crippen LogP contribution < -0.4 is 0 Å². The third-order valence-electron chi connectivity index (χ3n) is 2.36. The summed E-state index contributed by atoms with van der Waals surface area (Å²) in [5.41, 5.74) is 5.45. The number of aryl methyl sites for hydroxylation is 1. The van der Waals surface area contributed by atoms with Crippen LogP contribution in [0.2, 0.25) is 0 Å². The fourth-order valence-corrected chi connectivity index (χ4v) is 1.65. The van der Waals surface area contributed by atoms with Gasteiger partial charge in [-0.1, -0.05) is 11.6 Å². The molecule has 0 saturated heterocycles. The van der Waals surface area contributed by atoms with E-state index in [-0.39, 0.29) is 0 Å². The van der Waals surface area contributed by atoms with Crippen molar-refractivity contribution in [2.24, 2.45) is 0 Å². The molecule has 0 atom stereocenters. The number of pyridine rings is 1. The number of fused-ring (bicyclic) bond motifs is 1. The highest BCUT2D eigenvalue weighted by molar-refractivity contribution is 5.35. The van der Waals surface area contributed by atoms with E-state index in [0.29, 0.717) is 0 Å². The number of hydrogen-bond acceptors (Lipinski definition) is 1. The second kappa shape index (κ2) is 2.74. The first-order valence-corrected chi connectivity index (χ1v) is 4.36. The average Bonchev–Trinajstić information content (AvgIpc) is 2.05. The van der Waals surface area contributed by atoms with Gasteiger partial charge < -0.3 is 0 Å². The van der Waals surface area contributed by atoms with Gasteiger partial charge in [-0.2, -0.15) is 0 Å². The van der Waals surface area contributed by atoms with Crippen molar-refractivity contribution in [3.8, 4) is 0 Å². The maximum atomic E-state index is 4.30. The zero-order chi connectivity index (χ0) is 8.55. The Bertz CT molecular complexity index is 337. The number of rotatable bonds is 0. The zero-order valence-corrected chi connectivity index (χ0v) is 7.59. The highest BCUT2D eigenvalue weighted by Gasteiger charge is 2.07. The van der Waals surface area contributed by atoms with Gasteiger partial charge in [-0.3, -0.25) is 4.98 Å². The summed E-state index contributed by atoms with van der Waals surface area (Å²) in [6, 6.07) is 2.19. The first-order valence-electron chi connectivity index (χ1n) is 4.36. The molecule has 0 bridgehead atoms. The van der Waals surface area contributed by atoms with Crippen molar-refractivity contribution in [3.05, 3.63) is 40.7 Å². The first-order chi connectivity index (χ1) is 5.75. The molecule has 62 valence electrons. The Kier molecular flexibility index (Phi) is 1.72. The molecular formula is C11H13N. The van der Waals surface area contributed by atoms with Crippen LogP contribution in [-0.4, -0.2) is 4.98 Å². The van der Waals surface area contributed by atoms with Crippen LogP contribution in [0.1, 0.15) is 23.7 Å². The van der Waals surface area contributed by atoms with E-state index in [2.05, 4.69) is 24.1 Å². The zero-order valence-electron chi connectivity index (χ0n) is 7.59. The van der Waals surface area contributed by atoms with Gasteiger partial charge in [0.15, 0.2) is 0 Å². The summed E-state index contributed by atoms with van der Waals surface area (Å²) in [4.78, 5) is 4.30. The predicted molar refractivity (Wildman–Crippen MR) is 50.1 cm³/mol. The smallest absolute Gasteiger partial charge is 0.0375 e. The predicted octanol–water partition coefficient (Wildman–Crippen LogP) is 2.43. The van der Waals surface area contributed by atoms with Crippen LogP contribution in [0.5, 0.6) is 0 Å². The molecule has 0 spiro atoms. The van der Waals surface area contributed by atoms with Gasteiger partial charge in [0.25, 0.3) is 0 Å². The summed E-state index contributed by atoms with van der Waals surface area (Å²) in [7, 11) is 0. The van der Waals surface area contributed by atoms with Crippen LogP contribution in [-0.2, 0) is 12.8 Å². The minimum atomic E-state index is 1.09. The molecule has 1 aliphatic rings. The SMILES string of the molecule is CC1=CCc2cc(C)ncc2C1. The van der Waals surface area contributed by atoms with E-state index in [9.17, 15) is 0 Å². The molecular weight excluding hydrogens is 146 g/mol. The molecule has 1 nitrogen and oxygen atoms in total. The van der Waals surface area contributed by atoms with Crippen LogP contribution in [0.3, 0.4) is 0 Å². The van der Waals surface area contributed by atoms with Gasteiger partial charge in [0, 0.05) is 11.9 Å². The maximum absolute atomic E-state index is 4.30. The Morgan fingerprint density at radius 3 is 2.92 bits per heavy atom. The fourth-order valence-electron chi connectivity index (χ4n) is 1.65. The van der Waals surface area contributed by atoms with Crippen molar-refractivity contribution in [1.29, 1.82) is 0 Å². The molecule has 1 aliphatic carbocycles. The summed E-state index contributed by atoms with van der Waals surface area (Å²) in [6.45, 7) is 4.23. The summed E-state index contributed by atoms with van der Waals surface area (Å²) < 4.78 is 0. The lowest BCUT2D eigenvalue weighted by Gasteiger charge is -2.13. The van der Waals surface area contributed by atoms with Crippen LogP contribution >= 0.6 is 0 Å². The molecule has 0 amide bonds. The lowest BCUT2D eigenvalue weighted by molar-refractivity contribution is 0.982. The number of aromatic nitrogens is 1. The van der Waals surface area contributed by atoms with Gasteiger partial charge in [0.1, 0.15) is 0 Å². The second-order valence-electron chi connectivity index (χ2n) is 3.53. The lowest BCUT2D eigenvalue weighted by atomic mass is 9.94. The van der Waals surface area contributed by atoms with Crippen LogP contribution in [0, 0.1) is 6.92 Å². The topological polar surface area (TPSA) is 12.9 Å². The van der Waals surface area contributed by atoms with E-state index in [1.54, 1.807) is 0 Å². The third-order valence-corrected chi connectivity index (χ3v) is 2.36. The van der Waals surface area contributed by atoms with Gasteiger partial charge in [-0.15, -0.1) is 0 Å². The van der Waals surface area contributed by atoms with Crippen molar-refractivity contribution in [3.63, 3.8) is 0 Å². The molecule has 0 unspecified atom stereocenters. The molecule has 2 rings (SSSR count). The summed E-state index contributed by atoms with van der Waals surface area (Å²) in [5, 5.41) is 0. The first kappa shape index (κ1) is 7.53. The summed E-state index contributed by atoms with van der Waals surface area (Å²) >= 11 is 0. The molecule has 0 fully saturated rings. The number of nitrogens with zero attached hydrogens (tertiary/aromatic N) is 1.